The Hall–Kier alpha value is -3.22. The quantitative estimate of drug-likeness (QED) is 0.582. The van der Waals surface area contributed by atoms with E-state index in [1.165, 1.54) is 25.4 Å². The van der Waals surface area contributed by atoms with Crippen molar-refractivity contribution in [2.24, 2.45) is 0 Å². The van der Waals surface area contributed by atoms with Gasteiger partial charge in [-0.3, -0.25) is 0 Å². The van der Waals surface area contributed by atoms with Crippen molar-refractivity contribution < 1.29 is 27.4 Å². The summed E-state index contributed by atoms with van der Waals surface area (Å²) in [6, 6.07) is 11.8. The molecule has 146 valence electrons. The highest BCUT2D eigenvalue weighted by Crippen LogP contribution is 2.40. The Labute approximate surface area is 159 Å². The summed E-state index contributed by atoms with van der Waals surface area (Å²) in [5, 5.41) is 0. The number of H-pyrrole nitrogens is 1. The maximum Gasteiger partial charge on any atom is 0.416 e. The van der Waals surface area contributed by atoms with Gasteiger partial charge in [0.25, 0.3) is 0 Å². The summed E-state index contributed by atoms with van der Waals surface area (Å²) in [7, 11) is 1.51. The Balaban J connectivity index is 2.18. The number of halogens is 3. The predicted octanol–water partition coefficient (Wildman–Crippen LogP) is 5.55. The minimum absolute atomic E-state index is 0.199. The number of alkyl halides is 3. The lowest BCUT2D eigenvalue weighted by Gasteiger charge is -2.12. The van der Waals surface area contributed by atoms with Crippen molar-refractivity contribution >= 4 is 5.97 Å². The molecule has 0 atom stereocenters. The number of methoxy groups -OCH3 is 1. The minimum Gasteiger partial charge on any atom is -0.496 e. The van der Waals surface area contributed by atoms with Gasteiger partial charge in [0.05, 0.1) is 30.5 Å². The molecule has 1 N–H and O–H groups in total. The number of carbonyl (C=O) groups excluding carboxylic acids is 1. The topological polar surface area (TPSA) is 51.3 Å². The van der Waals surface area contributed by atoms with Crippen molar-refractivity contribution in [2.75, 3.05) is 13.7 Å². The summed E-state index contributed by atoms with van der Waals surface area (Å²) in [5.74, 6) is -0.00127. The highest BCUT2D eigenvalue weighted by Gasteiger charge is 2.30. The molecule has 1 aromatic heterocycles. The second kappa shape index (κ2) is 7.80. The summed E-state index contributed by atoms with van der Waals surface area (Å²) in [5.41, 5.74) is 1.68. The zero-order chi connectivity index (χ0) is 20.3. The highest BCUT2D eigenvalue weighted by atomic mass is 19.4. The summed E-state index contributed by atoms with van der Waals surface area (Å²) < 4.78 is 49.2. The minimum atomic E-state index is -4.42. The summed E-state index contributed by atoms with van der Waals surface area (Å²) in [6.45, 7) is 1.90. The fourth-order valence-electron chi connectivity index (χ4n) is 2.98. The van der Waals surface area contributed by atoms with Gasteiger partial charge in [-0.05, 0) is 30.7 Å². The maximum absolute atomic E-state index is 12.9. The second-order valence-corrected chi connectivity index (χ2v) is 5.95. The lowest BCUT2D eigenvalue weighted by molar-refractivity contribution is -0.137. The van der Waals surface area contributed by atoms with Crippen LogP contribution in [0.2, 0.25) is 0 Å². The molecular weight excluding hydrogens is 371 g/mol. The number of rotatable bonds is 5. The molecule has 0 saturated carbocycles. The number of benzene rings is 2. The fraction of sp³-hybridized carbons (Fsp3) is 0.190. The lowest BCUT2D eigenvalue weighted by atomic mass is 9.96. The van der Waals surface area contributed by atoms with Gasteiger partial charge in [-0.1, -0.05) is 30.3 Å². The second-order valence-electron chi connectivity index (χ2n) is 5.95. The molecule has 28 heavy (non-hydrogen) atoms. The van der Waals surface area contributed by atoms with Gasteiger partial charge in [-0.25, -0.2) is 4.79 Å². The first kappa shape index (κ1) is 19.5. The average molecular weight is 389 g/mol. The number of hydrogen-bond donors (Lipinski definition) is 1. The van der Waals surface area contributed by atoms with Gasteiger partial charge in [0.15, 0.2) is 0 Å². The molecular formula is C21H18F3NO3. The van der Waals surface area contributed by atoms with Crippen LogP contribution in [-0.4, -0.2) is 24.7 Å². The summed E-state index contributed by atoms with van der Waals surface area (Å²) in [4.78, 5) is 15.4. The fourth-order valence-corrected chi connectivity index (χ4v) is 2.98. The van der Waals surface area contributed by atoms with E-state index in [2.05, 4.69) is 4.98 Å². The molecule has 0 aliphatic carbocycles. The molecule has 1 heterocycles. The number of hydrogen-bond acceptors (Lipinski definition) is 3. The SMILES string of the molecule is CCOC(=O)c1c[nH]c(-c2ccc(C(F)(F)F)cc2)c1-c1ccccc1OC. The molecule has 3 rings (SSSR count). The number of aromatic nitrogens is 1. The van der Waals surface area contributed by atoms with Gasteiger partial charge in [-0.2, -0.15) is 13.2 Å². The number of nitrogens with one attached hydrogen (secondary N) is 1. The number of aromatic amines is 1. The van der Waals surface area contributed by atoms with E-state index in [0.717, 1.165) is 12.1 Å². The van der Waals surface area contributed by atoms with Crippen molar-refractivity contribution in [2.45, 2.75) is 13.1 Å². The van der Waals surface area contributed by atoms with Crippen molar-refractivity contribution in [1.29, 1.82) is 0 Å². The van der Waals surface area contributed by atoms with E-state index in [1.807, 2.05) is 0 Å². The van der Waals surface area contributed by atoms with Crippen LogP contribution in [0.15, 0.2) is 54.7 Å². The van der Waals surface area contributed by atoms with E-state index >= 15 is 0 Å². The van der Waals surface area contributed by atoms with Crippen LogP contribution in [0.25, 0.3) is 22.4 Å². The largest absolute Gasteiger partial charge is 0.496 e. The third kappa shape index (κ3) is 3.74. The Bertz CT molecular complexity index is 975. The van der Waals surface area contributed by atoms with Crippen LogP contribution in [0.4, 0.5) is 13.2 Å². The number of esters is 1. The molecule has 0 amide bonds. The zero-order valence-electron chi connectivity index (χ0n) is 15.3. The van der Waals surface area contributed by atoms with E-state index in [9.17, 15) is 18.0 Å². The first-order valence-corrected chi connectivity index (χ1v) is 8.56. The average Bonchev–Trinajstić information content (AvgIpc) is 3.12. The highest BCUT2D eigenvalue weighted by molar-refractivity contribution is 6.02. The maximum atomic E-state index is 12.9. The first-order valence-electron chi connectivity index (χ1n) is 8.56. The van der Waals surface area contributed by atoms with Crippen LogP contribution in [0.1, 0.15) is 22.8 Å². The molecule has 0 radical (unpaired) electrons. The van der Waals surface area contributed by atoms with Crippen molar-refractivity contribution in [3.63, 3.8) is 0 Å². The number of ether oxygens (including phenoxy) is 2. The molecule has 0 fully saturated rings. The van der Waals surface area contributed by atoms with Gasteiger partial charge in [-0.15, -0.1) is 0 Å². The Morgan fingerprint density at radius 1 is 1.07 bits per heavy atom. The van der Waals surface area contributed by atoms with Crippen LogP contribution < -0.4 is 4.74 Å². The Morgan fingerprint density at radius 2 is 1.75 bits per heavy atom. The molecule has 0 saturated heterocycles. The van der Waals surface area contributed by atoms with Crippen molar-refractivity contribution in [1.82, 2.24) is 4.98 Å². The normalized spacial score (nSPS) is 11.3. The van der Waals surface area contributed by atoms with Crippen molar-refractivity contribution in [3.8, 4) is 28.1 Å². The molecule has 2 aromatic carbocycles. The standard InChI is InChI=1S/C21H18F3NO3/c1-3-28-20(26)16-12-25-19(13-8-10-14(11-9-13)21(22,23)24)18(16)15-6-4-5-7-17(15)27-2/h4-12,25H,3H2,1-2H3. The van der Waals surface area contributed by atoms with E-state index < -0.39 is 17.7 Å². The third-order valence-corrected chi connectivity index (χ3v) is 4.25. The molecule has 7 heteroatoms. The van der Waals surface area contributed by atoms with Crippen LogP contribution >= 0.6 is 0 Å². The van der Waals surface area contributed by atoms with Crippen LogP contribution in [0.3, 0.4) is 0 Å². The van der Waals surface area contributed by atoms with Crippen LogP contribution in [0, 0.1) is 0 Å². The molecule has 3 aromatic rings. The van der Waals surface area contributed by atoms with Gasteiger partial charge < -0.3 is 14.5 Å². The number of para-hydroxylation sites is 1. The predicted molar refractivity (Wildman–Crippen MR) is 99.2 cm³/mol. The van der Waals surface area contributed by atoms with Gasteiger partial charge >= 0.3 is 12.1 Å². The van der Waals surface area contributed by atoms with Crippen molar-refractivity contribution in [3.05, 3.63) is 65.9 Å². The monoisotopic (exact) mass is 389 g/mol. The first-order chi connectivity index (χ1) is 13.4. The Morgan fingerprint density at radius 3 is 2.36 bits per heavy atom. The lowest BCUT2D eigenvalue weighted by Crippen LogP contribution is -2.05. The Kier molecular flexibility index (Phi) is 5.44. The van der Waals surface area contributed by atoms with Gasteiger partial charge in [0, 0.05) is 17.3 Å². The van der Waals surface area contributed by atoms with E-state index in [1.54, 1.807) is 31.2 Å². The molecule has 0 spiro atoms. The molecule has 4 nitrogen and oxygen atoms in total. The molecule has 0 aliphatic rings. The molecule has 0 bridgehead atoms. The smallest absolute Gasteiger partial charge is 0.416 e. The number of carbonyl (C=O) groups is 1. The van der Waals surface area contributed by atoms with E-state index in [-0.39, 0.29) is 12.2 Å². The van der Waals surface area contributed by atoms with Crippen LogP contribution in [-0.2, 0) is 10.9 Å². The van der Waals surface area contributed by atoms with E-state index in [0.29, 0.717) is 28.1 Å². The zero-order valence-corrected chi connectivity index (χ0v) is 15.3. The molecule has 0 unspecified atom stereocenters. The van der Waals surface area contributed by atoms with Crippen LogP contribution in [0.5, 0.6) is 5.75 Å². The molecule has 0 aliphatic heterocycles. The van der Waals surface area contributed by atoms with E-state index in [4.69, 9.17) is 9.47 Å². The summed E-state index contributed by atoms with van der Waals surface area (Å²) >= 11 is 0. The van der Waals surface area contributed by atoms with Gasteiger partial charge in [0.1, 0.15) is 5.75 Å². The van der Waals surface area contributed by atoms with Gasteiger partial charge in [0.2, 0.25) is 0 Å². The third-order valence-electron chi connectivity index (χ3n) is 4.25. The summed E-state index contributed by atoms with van der Waals surface area (Å²) in [6.07, 6.45) is -2.93.